The molecule has 0 fully saturated rings. The van der Waals surface area contributed by atoms with Crippen LogP contribution in [0.2, 0.25) is 5.02 Å². The molecule has 0 unspecified atom stereocenters. The molecule has 0 aliphatic rings. The van der Waals surface area contributed by atoms with Crippen LogP contribution < -0.4 is 10.1 Å². The van der Waals surface area contributed by atoms with Gasteiger partial charge in [-0.1, -0.05) is 35.1 Å². The maximum Gasteiger partial charge on any atom is 0.264 e. The van der Waals surface area contributed by atoms with Gasteiger partial charge in [-0.25, -0.2) is 8.78 Å². The zero-order chi connectivity index (χ0) is 19.7. The second kappa shape index (κ2) is 7.49. The molecule has 142 valence electrons. The minimum absolute atomic E-state index is 0.0220. The number of carbonyl (C=O) groups is 1. The molecule has 0 aliphatic heterocycles. The van der Waals surface area contributed by atoms with Crippen LogP contribution >= 0.6 is 22.9 Å². The highest BCUT2D eigenvalue weighted by molar-refractivity contribution is 7.20. The molecule has 1 amide bonds. The quantitative estimate of drug-likeness (QED) is 0.530. The van der Waals surface area contributed by atoms with Crippen molar-refractivity contribution in [3.63, 3.8) is 0 Å². The van der Waals surface area contributed by atoms with Crippen LogP contribution in [0.5, 0.6) is 5.75 Å². The van der Waals surface area contributed by atoms with E-state index in [-0.39, 0.29) is 22.5 Å². The maximum absolute atomic E-state index is 13.5. The number of para-hydroxylation sites is 1. The number of aromatic nitrogens is 4. The molecular weight excluding hydrogens is 412 g/mol. The van der Waals surface area contributed by atoms with Gasteiger partial charge in [0.25, 0.3) is 5.91 Å². The number of anilines is 1. The highest BCUT2D eigenvalue weighted by atomic mass is 35.5. The summed E-state index contributed by atoms with van der Waals surface area (Å²) in [5.74, 6) is -1.30. The van der Waals surface area contributed by atoms with Gasteiger partial charge in [0.2, 0.25) is 10.1 Å². The molecule has 1 N–H and O–H groups in total. The Morgan fingerprint density at radius 1 is 1.18 bits per heavy atom. The van der Waals surface area contributed by atoms with Gasteiger partial charge < -0.3 is 4.74 Å². The first-order chi connectivity index (χ1) is 13.5. The SMILES string of the molecule is O=C(COc1ccccc1F)Nc1nn2c(-c3ccc(F)c(Cl)c3)nnc2s1. The minimum Gasteiger partial charge on any atom is -0.481 e. The minimum atomic E-state index is -0.559. The first-order valence-electron chi connectivity index (χ1n) is 7.86. The fourth-order valence-electron chi connectivity index (χ4n) is 2.34. The summed E-state index contributed by atoms with van der Waals surface area (Å²) in [6, 6.07) is 9.90. The largest absolute Gasteiger partial charge is 0.481 e. The van der Waals surface area contributed by atoms with Crippen molar-refractivity contribution < 1.29 is 18.3 Å². The lowest BCUT2D eigenvalue weighted by molar-refractivity contribution is -0.118. The van der Waals surface area contributed by atoms with Crippen molar-refractivity contribution in [3.05, 3.63) is 59.1 Å². The Bertz CT molecular complexity index is 1180. The molecule has 2 aromatic carbocycles. The molecule has 0 saturated heterocycles. The molecule has 0 aliphatic carbocycles. The molecule has 4 rings (SSSR count). The van der Waals surface area contributed by atoms with Gasteiger partial charge in [0.1, 0.15) is 5.82 Å². The smallest absolute Gasteiger partial charge is 0.264 e. The number of carbonyl (C=O) groups excluding carboxylic acids is 1. The van der Waals surface area contributed by atoms with Crippen LogP contribution in [-0.4, -0.2) is 32.3 Å². The Balaban J connectivity index is 1.49. The lowest BCUT2D eigenvalue weighted by atomic mass is 10.2. The summed E-state index contributed by atoms with van der Waals surface area (Å²) in [6.07, 6.45) is 0. The summed E-state index contributed by atoms with van der Waals surface area (Å²) in [4.78, 5) is 12.5. The second-order valence-electron chi connectivity index (χ2n) is 5.52. The fraction of sp³-hybridized carbons (Fsp3) is 0.0588. The van der Waals surface area contributed by atoms with Crippen molar-refractivity contribution in [2.45, 2.75) is 0 Å². The Hall–Kier alpha value is -3.11. The monoisotopic (exact) mass is 421 g/mol. The number of hydrogen-bond donors (Lipinski definition) is 1. The van der Waals surface area contributed by atoms with Crippen molar-refractivity contribution in [2.75, 3.05) is 11.9 Å². The molecule has 4 aromatic rings. The van der Waals surface area contributed by atoms with Crippen LogP contribution in [0.15, 0.2) is 42.5 Å². The Kier molecular flexibility index (Phi) is 4.88. The van der Waals surface area contributed by atoms with Crippen molar-refractivity contribution in [3.8, 4) is 17.1 Å². The van der Waals surface area contributed by atoms with Gasteiger partial charge >= 0.3 is 0 Å². The summed E-state index contributed by atoms with van der Waals surface area (Å²) in [6.45, 7) is -0.387. The topological polar surface area (TPSA) is 81.4 Å². The molecule has 7 nitrogen and oxygen atoms in total. The Morgan fingerprint density at radius 3 is 2.79 bits per heavy atom. The normalized spacial score (nSPS) is 11.0. The lowest BCUT2D eigenvalue weighted by Crippen LogP contribution is -2.20. The first-order valence-corrected chi connectivity index (χ1v) is 9.05. The molecule has 28 heavy (non-hydrogen) atoms. The number of benzene rings is 2. The molecule has 11 heteroatoms. The second-order valence-corrected chi connectivity index (χ2v) is 6.88. The van der Waals surface area contributed by atoms with E-state index in [9.17, 15) is 13.6 Å². The number of fused-ring (bicyclic) bond motifs is 1. The third-order valence-corrected chi connectivity index (χ3v) is 4.71. The Labute approximate surface area is 165 Å². The van der Waals surface area contributed by atoms with E-state index in [1.807, 2.05) is 0 Å². The van der Waals surface area contributed by atoms with Crippen LogP contribution in [0.25, 0.3) is 16.3 Å². The summed E-state index contributed by atoms with van der Waals surface area (Å²) < 4.78 is 33.4. The average Bonchev–Trinajstić information content (AvgIpc) is 3.23. The van der Waals surface area contributed by atoms with Crippen LogP contribution in [-0.2, 0) is 4.79 Å². The molecule has 2 heterocycles. The van der Waals surface area contributed by atoms with Gasteiger partial charge in [-0.3, -0.25) is 10.1 Å². The number of hydrogen-bond acceptors (Lipinski definition) is 6. The van der Waals surface area contributed by atoms with E-state index in [1.165, 1.54) is 40.9 Å². The van der Waals surface area contributed by atoms with E-state index in [2.05, 4.69) is 20.6 Å². The number of rotatable bonds is 5. The predicted octanol–water partition coefficient (Wildman–Crippen LogP) is 3.80. The highest BCUT2D eigenvalue weighted by Crippen LogP contribution is 2.27. The third kappa shape index (κ3) is 3.64. The van der Waals surface area contributed by atoms with Gasteiger partial charge in [0, 0.05) is 5.56 Å². The maximum atomic E-state index is 13.5. The van der Waals surface area contributed by atoms with Crippen molar-refractivity contribution in [1.29, 1.82) is 0 Å². The third-order valence-electron chi connectivity index (χ3n) is 3.61. The fourth-order valence-corrected chi connectivity index (χ4v) is 3.28. The molecule has 2 aromatic heterocycles. The van der Waals surface area contributed by atoms with Gasteiger partial charge in [-0.15, -0.1) is 15.3 Å². The standard InChI is InChI=1S/C17H10ClF2N5O2S/c18-10-7-9(5-6-11(10)19)15-22-23-17-25(15)24-16(28-17)21-14(26)8-27-13-4-2-1-3-12(13)20/h1-7H,8H2,(H,21,24,26). The molecule has 0 bridgehead atoms. The van der Waals surface area contributed by atoms with Crippen molar-refractivity contribution >= 4 is 38.9 Å². The van der Waals surface area contributed by atoms with E-state index in [0.717, 1.165) is 11.3 Å². The van der Waals surface area contributed by atoms with E-state index in [1.54, 1.807) is 6.07 Å². The van der Waals surface area contributed by atoms with E-state index in [4.69, 9.17) is 16.3 Å². The van der Waals surface area contributed by atoms with Crippen LogP contribution in [0.3, 0.4) is 0 Å². The zero-order valence-electron chi connectivity index (χ0n) is 13.9. The molecule has 0 radical (unpaired) electrons. The Morgan fingerprint density at radius 2 is 2.00 bits per heavy atom. The van der Waals surface area contributed by atoms with Crippen LogP contribution in [0.4, 0.5) is 13.9 Å². The lowest BCUT2D eigenvalue weighted by Gasteiger charge is -2.06. The highest BCUT2D eigenvalue weighted by Gasteiger charge is 2.16. The summed E-state index contributed by atoms with van der Waals surface area (Å²) in [7, 11) is 0. The molecular formula is C17H10ClF2N5O2S. The van der Waals surface area contributed by atoms with Crippen molar-refractivity contribution in [2.24, 2.45) is 0 Å². The van der Waals surface area contributed by atoms with E-state index in [0.29, 0.717) is 16.3 Å². The number of nitrogens with zero attached hydrogens (tertiary/aromatic N) is 4. The van der Waals surface area contributed by atoms with Gasteiger partial charge in [-0.2, -0.15) is 4.52 Å². The van der Waals surface area contributed by atoms with Crippen LogP contribution in [0, 0.1) is 11.6 Å². The summed E-state index contributed by atoms with van der Waals surface area (Å²) in [5, 5.41) is 15.0. The van der Waals surface area contributed by atoms with Gasteiger partial charge in [0.15, 0.2) is 24.0 Å². The average molecular weight is 422 g/mol. The number of halogens is 3. The molecule has 0 atom stereocenters. The first kappa shape index (κ1) is 18.3. The van der Waals surface area contributed by atoms with Crippen molar-refractivity contribution in [1.82, 2.24) is 19.8 Å². The van der Waals surface area contributed by atoms with E-state index >= 15 is 0 Å². The zero-order valence-corrected chi connectivity index (χ0v) is 15.5. The van der Waals surface area contributed by atoms with Gasteiger partial charge in [0.05, 0.1) is 5.02 Å². The number of ether oxygens (including phenoxy) is 1. The molecule has 0 saturated carbocycles. The van der Waals surface area contributed by atoms with Gasteiger partial charge in [-0.05, 0) is 30.3 Å². The summed E-state index contributed by atoms with van der Waals surface area (Å²) >= 11 is 6.89. The van der Waals surface area contributed by atoms with E-state index < -0.39 is 17.5 Å². The summed E-state index contributed by atoms with van der Waals surface area (Å²) in [5.41, 5.74) is 0.518. The number of amides is 1. The number of nitrogens with one attached hydrogen (secondary N) is 1. The predicted molar refractivity (Wildman–Crippen MR) is 99.6 cm³/mol. The van der Waals surface area contributed by atoms with Crippen LogP contribution in [0.1, 0.15) is 0 Å². The molecule has 0 spiro atoms.